The number of ether oxygens (including phenoxy) is 1. The molecule has 1 unspecified atom stereocenters. The Morgan fingerprint density at radius 3 is 2.69 bits per heavy atom. The Bertz CT molecular complexity index is 308. The molecule has 0 aromatic heterocycles. The third kappa shape index (κ3) is 4.01. The topological polar surface area (TPSA) is 67.4 Å². The van der Waals surface area contributed by atoms with Crippen molar-refractivity contribution >= 4 is 10.0 Å². The van der Waals surface area contributed by atoms with E-state index >= 15 is 0 Å². The molecule has 1 heterocycles. The van der Waals surface area contributed by atoms with E-state index in [0.717, 1.165) is 19.4 Å². The second kappa shape index (κ2) is 5.44. The van der Waals surface area contributed by atoms with Crippen LogP contribution >= 0.6 is 0 Å². The molecule has 6 heteroatoms. The van der Waals surface area contributed by atoms with Crippen LogP contribution in [0.4, 0.5) is 0 Å². The standard InChI is InChI=1S/C10H22N2O3S/c1-10(2,8-15-3)12-16(13,14)9-5-4-6-11-7-9/h9,11-12H,4-8H2,1-3H3. The number of methoxy groups -OCH3 is 1. The quantitative estimate of drug-likeness (QED) is 0.725. The lowest BCUT2D eigenvalue weighted by molar-refractivity contribution is 0.141. The molecule has 5 nitrogen and oxygen atoms in total. The van der Waals surface area contributed by atoms with E-state index in [2.05, 4.69) is 10.0 Å². The summed E-state index contributed by atoms with van der Waals surface area (Å²) in [4.78, 5) is 0. The summed E-state index contributed by atoms with van der Waals surface area (Å²) in [5.74, 6) is 0. The molecule has 0 radical (unpaired) electrons. The van der Waals surface area contributed by atoms with Crippen molar-refractivity contribution in [1.82, 2.24) is 10.0 Å². The van der Waals surface area contributed by atoms with Gasteiger partial charge in [-0.1, -0.05) is 0 Å². The number of rotatable bonds is 5. The molecule has 1 saturated heterocycles. The van der Waals surface area contributed by atoms with Crippen LogP contribution in [-0.2, 0) is 14.8 Å². The Morgan fingerprint density at radius 1 is 1.50 bits per heavy atom. The molecule has 1 aliphatic rings. The van der Waals surface area contributed by atoms with Crippen LogP contribution in [0.25, 0.3) is 0 Å². The van der Waals surface area contributed by atoms with Gasteiger partial charge >= 0.3 is 0 Å². The summed E-state index contributed by atoms with van der Waals surface area (Å²) in [7, 11) is -1.69. The van der Waals surface area contributed by atoms with Gasteiger partial charge in [-0.15, -0.1) is 0 Å². The molecule has 0 saturated carbocycles. The van der Waals surface area contributed by atoms with Gasteiger partial charge in [0.2, 0.25) is 10.0 Å². The highest BCUT2D eigenvalue weighted by atomic mass is 32.2. The minimum absolute atomic E-state index is 0.322. The summed E-state index contributed by atoms with van der Waals surface area (Å²) in [5.41, 5.74) is -0.551. The van der Waals surface area contributed by atoms with Crippen molar-refractivity contribution in [1.29, 1.82) is 0 Å². The van der Waals surface area contributed by atoms with Crippen molar-refractivity contribution in [3.05, 3.63) is 0 Å². The fraction of sp³-hybridized carbons (Fsp3) is 1.00. The number of nitrogens with one attached hydrogen (secondary N) is 2. The zero-order valence-electron chi connectivity index (χ0n) is 10.2. The molecule has 0 spiro atoms. The van der Waals surface area contributed by atoms with Crippen molar-refractivity contribution in [3.8, 4) is 0 Å². The van der Waals surface area contributed by atoms with Gasteiger partial charge in [-0.2, -0.15) is 0 Å². The summed E-state index contributed by atoms with van der Waals surface area (Å²) in [6.07, 6.45) is 1.64. The third-order valence-corrected chi connectivity index (χ3v) is 4.73. The van der Waals surface area contributed by atoms with Crippen LogP contribution in [0.5, 0.6) is 0 Å². The van der Waals surface area contributed by atoms with Gasteiger partial charge < -0.3 is 10.1 Å². The van der Waals surface area contributed by atoms with E-state index in [-0.39, 0.29) is 5.25 Å². The Labute approximate surface area is 98.0 Å². The van der Waals surface area contributed by atoms with Gasteiger partial charge in [0.15, 0.2) is 0 Å². The molecule has 1 aliphatic heterocycles. The first-order chi connectivity index (χ1) is 7.37. The molecule has 0 aromatic carbocycles. The van der Waals surface area contributed by atoms with Crippen LogP contribution in [0.15, 0.2) is 0 Å². The van der Waals surface area contributed by atoms with Crippen molar-refractivity contribution in [2.45, 2.75) is 37.5 Å². The lowest BCUT2D eigenvalue weighted by Gasteiger charge is -2.30. The molecule has 96 valence electrons. The van der Waals surface area contributed by atoms with Gasteiger partial charge in [0.1, 0.15) is 0 Å². The van der Waals surface area contributed by atoms with E-state index in [1.807, 2.05) is 13.8 Å². The maximum Gasteiger partial charge on any atom is 0.216 e. The van der Waals surface area contributed by atoms with Crippen LogP contribution in [0, 0.1) is 0 Å². The second-order valence-electron chi connectivity index (χ2n) is 4.93. The molecule has 2 N–H and O–H groups in total. The van der Waals surface area contributed by atoms with Gasteiger partial charge in [0.25, 0.3) is 0 Å². The van der Waals surface area contributed by atoms with Gasteiger partial charge in [0, 0.05) is 13.7 Å². The molecule has 0 aliphatic carbocycles. The molecular formula is C10H22N2O3S. The smallest absolute Gasteiger partial charge is 0.216 e. The summed E-state index contributed by atoms with van der Waals surface area (Å²) >= 11 is 0. The zero-order chi connectivity index (χ0) is 12.2. The minimum Gasteiger partial charge on any atom is -0.383 e. The largest absolute Gasteiger partial charge is 0.383 e. The van der Waals surface area contributed by atoms with Gasteiger partial charge in [-0.05, 0) is 33.2 Å². The number of hydrogen-bond acceptors (Lipinski definition) is 4. The Morgan fingerprint density at radius 2 is 2.19 bits per heavy atom. The lowest BCUT2D eigenvalue weighted by Crippen LogP contribution is -2.53. The first-order valence-corrected chi connectivity index (χ1v) is 7.14. The highest BCUT2D eigenvalue weighted by molar-refractivity contribution is 7.90. The predicted molar refractivity (Wildman–Crippen MR) is 63.9 cm³/mol. The number of hydrogen-bond donors (Lipinski definition) is 2. The van der Waals surface area contributed by atoms with Gasteiger partial charge in [0.05, 0.1) is 17.4 Å². The molecule has 1 atom stereocenters. The van der Waals surface area contributed by atoms with Crippen molar-refractivity contribution < 1.29 is 13.2 Å². The van der Waals surface area contributed by atoms with Crippen LogP contribution in [-0.4, -0.2) is 46.0 Å². The molecule has 1 rings (SSSR count). The number of piperidine rings is 1. The lowest BCUT2D eigenvalue weighted by atomic mass is 10.1. The highest BCUT2D eigenvalue weighted by Crippen LogP contribution is 2.14. The zero-order valence-corrected chi connectivity index (χ0v) is 11.1. The van der Waals surface area contributed by atoms with Crippen molar-refractivity contribution in [2.24, 2.45) is 0 Å². The fourth-order valence-corrected chi connectivity index (χ4v) is 3.75. The minimum atomic E-state index is -3.26. The molecule has 1 fully saturated rings. The average molecular weight is 250 g/mol. The molecule has 0 bridgehead atoms. The molecule has 0 amide bonds. The van der Waals surface area contributed by atoms with Crippen LogP contribution in [0.1, 0.15) is 26.7 Å². The van der Waals surface area contributed by atoms with Gasteiger partial charge in [-0.25, -0.2) is 13.1 Å². The summed E-state index contributed by atoms with van der Waals surface area (Å²) in [6.45, 7) is 5.47. The van der Waals surface area contributed by atoms with Gasteiger partial charge in [-0.3, -0.25) is 0 Å². The second-order valence-corrected chi connectivity index (χ2v) is 6.89. The van der Waals surface area contributed by atoms with Crippen molar-refractivity contribution in [2.75, 3.05) is 26.8 Å². The normalized spacial score (nSPS) is 23.3. The van der Waals surface area contributed by atoms with E-state index in [1.165, 1.54) is 0 Å². The fourth-order valence-electron chi connectivity index (χ4n) is 1.94. The van der Waals surface area contributed by atoms with Crippen LogP contribution in [0.3, 0.4) is 0 Å². The van der Waals surface area contributed by atoms with Crippen LogP contribution in [0.2, 0.25) is 0 Å². The average Bonchev–Trinajstić information content (AvgIpc) is 2.17. The first kappa shape index (κ1) is 13.9. The molecule has 16 heavy (non-hydrogen) atoms. The number of sulfonamides is 1. The van der Waals surface area contributed by atoms with E-state index in [9.17, 15) is 8.42 Å². The maximum atomic E-state index is 12.1. The first-order valence-electron chi connectivity index (χ1n) is 5.60. The summed E-state index contributed by atoms with van der Waals surface area (Å²) in [6, 6.07) is 0. The predicted octanol–water partition coefficient (Wildman–Crippen LogP) is 0.0828. The van der Waals surface area contributed by atoms with Crippen LogP contribution < -0.4 is 10.0 Å². The highest BCUT2D eigenvalue weighted by Gasteiger charge is 2.32. The van der Waals surface area contributed by atoms with E-state index in [1.54, 1.807) is 7.11 Å². The Balaban J connectivity index is 2.63. The Hall–Kier alpha value is -0.170. The molecular weight excluding hydrogens is 228 g/mol. The van der Waals surface area contributed by atoms with E-state index in [4.69, 9.17) is 4.74 Å². The summed E-state index contributed by atoms with van der Waals surface area (Å²) < 4.78 is 31.8. The molecule has 0 aromatic rings. The SMILES string of the molecule is COCC(C)(C)NS(=O)(=O)C1CCCNC1. The third-order valence-electron chi connectivity index (χ3n) is 2.61. The van der Waals surface area contributed by atoms with Crippen molar-refractivity contribution in [3.63, 3.8) is 0 Å². The maximum absolute atomic E-state index is 12.1. The Kier molecular flexibility index (Phi) is 4.73. The summed E-state index contributed by atoms with van der Waals surface area (Å²) in [5, 5.41) is 2.79. The van der Waals surface area contributed by atoms with E-state index < -0.39 is 15.6 Å². The monoisotopic (exact) mass is 250 g/mol. The van der Waals surface area contributed by atoms with E-state index in [0.29, 0.717) is 13.2 Å².